The number of rotatable bonds is 6. The second-order valence-electron chi connectivity index (χ2n) is 5.82. The Balaban J connectivity index is 1.60. The summed E-state index contributed by atoms with van der Waals surface area (Å²) in [7, 11) is 0. The van der Waals surface area contributed by atoms with Gasteiger partial charge in [-0.15, -0.1) is 11.3 Å². The molecule has 2 N–H and O–H groups in total. The minimum Gasteiger partial charge on any atom is -0.347 e. The van der Waals surface area contributed by atoms with Crippen molar-refractivity contribution < 1.29 is 14.0 Å². The summed E-state index contributed by atoms with van der Waals surface area (Å²) in [5.41, 5.74) is 1.48. The predicted octanol–water partition coefficient (Wildman–Crippen LogP) is 2.85. The molecule has 0 atom stereocenters. The molecule has 0 aliphatic rings. The van der Waals surface area contributed by atoms with E-state index < -0.39 is 5.91 Å². The lowest BCUT2D eigenvalue weighted by Gasteiger charge is -2.07. The Kier molecular flexibility index (Phi) is 5.87. The zero-order valence-corrected chi connectivity index (χ0v) is 15.3. The van der Waals surface area contributed by atoms with Gasteiger partial charge >= 0.3 is 0 Å². The number of nitrogens with one attached hydrogen (secondary N) is 2. The number of carbonyl (C=O) groups excluding carboxylic acids is 2. The highest BCUT2D eigenvalue weighted by atomic mass is 32.1. The van der Waals surface area contributed by atoms with Gasteiger partial charge in [0, 0.05) is 17.5 Å². The van der Waals surface area contributed by atoms with Crippen molar-refractivity contribution in [2.45, 2.75) is 20.0 Å². The quantitative estimate of drug-likeness (QED) is 0.685. The molecule has 2 heterocycles. The molecular formula is C19H17FN4O2S. The van der Waals surface area contributed by atoms with Gasteiger partial charge in [-0.2, -0.15) is 0 Å². The molecule has 0 spiro atoms. The summed E-state index contributed by atoms with van der Waals surface area (Å²) in [6.45, 7) is 2.28. The maximum absolute atomic E-state index is 13.3. The van der Waals surface area contributed by atoms with Gasteiger partial charge in [-0.1, -0.05) is 18.2 Å². The Morgan fingerprint density at radius 2 is 1.74 bits per heavy atom. The second kappa shape index (κ2) is 8.50. The van der Waals surface area contributed by atoms with E-state index in [1.807, 2.05) is 17.5 Å². The van der Waals surface area contributed by atoms with Crippen LogP contribution in [0.15, 0.2) is 48.1 Å². The lowest BCUT2D eigenvalue weighted by molar-refractivity contribution is 0.0944. The van der Waals surface area contributed by atoms with Crippen LogP contribution in [0.1, 0.15) is 37.0 Å². The summed E-state index contributed by atoms with van der Waals surface area (Å²) in [6, 6.07) is 9.79. The van der Waals surface area contributed by atoms with E-state index in [2.05, 4.69) is 20.6 Å². The molecule has 8 heteroatoms. The van der Waals surface area contributed by atoms with Crippen molar-refractivity contribution in [2.75, 3.05) is 0 Å². The van der Waals surface area contributed by atoms with Gasteiger partial charge in [-0.05, 0) is 35.6 Å². The first kappa shape index (κ1) is 18.7. The largest absolute Gasteiger partial charge is 0.347 e. The van der Waals surface area contributed by atoms with Crippen LogP contribution in [0, 0.1) is 12.7 Å². The molecule has 0 saturated carbocycles. The minimum absolute atomic E-state index is 0.0881. The average molecular weight is 384 g/mol. The van der Waals surface area contributed by atoms with Crippen LogP contribution in [-0.2, 0) is 13.1 Å². The van der Waals surface area contributed by atoms with Gasteiger partial charge in [0.25, 0.3) is 11.8 Å². The summed E-state index contributed by atoms with van der Waals surface area (Å²) in [4.78, 5) is 33.3. The first-order chi connectivity index (χ1) is 13.0. The fraction of sp³-hybridized carbons (Fsp3) is 0.158. The van der Waals surface area contributed by atoms with Crippen molar-refractivity contribution in [3.8, 4) is 0 Å². The van der Waals surface area contributed by atoms with Crippen LogP contribution in [0.25, 0.3) is 0 Å². The molecular weight excluding hydrogens is 367 g/mol. The second-order valence-corrected chi connectivity index (χ2v) is 6.85. The van der Waals surface area contributed by atoms with Crippen molar-refractivity contribution >= 4 is 23.2 Å². The Morgan fingerprint density at radius 1 is 1.04 bits per heavy atom. The molecule has 3 aromatic rings. The summed E-state index contributed by atoms with van der Waals surface area (Å²) >= 11 is 1.54. The van der Waals surface area contributed by atoms with E-state index in [-0.39, 0.29) is 29.7 Å². The van der Waals surface area contributed by atoms with E-state index in [0.29, 0.717) is 12.1 Å². The molecule has 3 rings (SSSR count). The minimum atomic E-state index is -0.438. The Labute approximate surface area is 159 Å². The van der Waals surface area contributed by atoms with Crippen molar-refractivity contribution in [3.63, 3.8) is 0 Å². The number of halogens is 1. The number of hydrogen-bond donors (Lipinski definition) is 2. The molecule has 2 amide bonds. The van der Waals surface area contributed by atoms with Gasteiger partial charge in [0.1, 0.15) is 23.5 Å². The van der Waals surface area contributed by atoms with Crippen LogP contribution in [0.5, 0.6) is 0 Å². The van der Waals surface area contributed by atoms with E-state index in [1.54, 1.807) is 19.1 Å². The summed E-state index contributed by atoms with van der Waals surface area (Å²) in [6.07, 6.45) is 1.18. The maximum atomic E-state index is 13.3. The molecule has 0 unspecified atom stereocenters. The molecule has 0 bridgehead atoms. The summed E-state index contributed by atoms with van der Waals surface area (Å²) in [5, 5.41) is 7.38. The van der Waals surface area contributed by atoms with Gasteiger partial charge in [0.15, 0.2) is 0 Å². The molecule has 0 fully saturated rings. The zero-order chi connectivity index (χ0) is 19.2. The fourth-order valence-corrected chi connectivity index (χ4v) is 3.01. The molecule has 0 saturated heterocycles. The van der Waals surface area contributed by atoms with Crippen LogP contribution >= 0.6 is 11.3 Å². The van der Waals surface area contributed by atoms with Crippen LogP contribution in [0.4, 0.5) is 4.39 Å². The van der Waals surface area contributed by atoms with Gasteiger partial charge < -0.3 is 10.6 Å². The van der Waals surface area contributed by atoms with Crippen LogP contribution < -0.4 is 10.6 Å². The highest BCUT2D eigenvalue weighted by Gasteiger charge is 2.13. The number of benzene rings is 1. The third-order valence-electron chi connectivity index (χ3n) is 3.81. The van der Waals surface area contributed by atoms with Crippen molar-refractivity contribution in [2.24, 2.45) is 0 Å². The molecule has 6 nitrogen and oxygen atoms in total. The van der Waals surface area contributed by atoms with Crippen molar-refractivity contribution in [3.05, 3.63) is 81.3 Å². The fourth-order valence-electron chi connectivity index (χ4n) is 2.37. The number of aromatic nitrogens is 2. The van der Waals surface area contributed by atoms with E-state index >= 15 is 0 Å². The maximum Gasteiger partial charge on any atom is 0.270 e. The first-order valence-electron chi connectivity index (χ1n) is 8.19. The molecule has 0 aliphatic heterocycles. The molecule has 1 aromatic carbocycles. The predicted molar refractivity (Wildman–Crippen MR) is 99.8 cm³/mol. The first-order valence-corrected chi connectivity index (χ1v) is 9.07. The Hall–Kier alpha value is -3.13. The highest BCUT2D eigenvalue weighted by Crippen LogP contribution is 2.10. The lowest BCUT2D eigenvalue weighted by Crippen LogP contribution is -2.27. The number of nitrogens with zero attached hydrogens (tertiary/aromatic N) is 2. The smallest absolute Gasteiger partial charge is 0.270 e. The average Bonchev–Trinajstić information content (AvgIpc) is 3.20. The number of carbonyl (C=O) groups is 2. The van der Waals surface area contributed by atoms with E-state index in [1.165, 1.54) is 29.8 Å². The topological polar surface area (TPSA) is 84.0 Å². The third-order valence-corrected chi connectivity index (χ3v) is 4.69. The van der Waals surface area contributed by atoms with Crippen LogP contribution in [0.2, 0.25) is 0 Å². The monoisotopic (exact) mass is 384 g/mol. The highest BCUT2D eigenvalue weighted by molar-refractivity contribution is 7.09. The van der Waals surface area contributed by atoms with Gasteiger partial charge in [0.2, 0.25) is 0 Å². The van der Waals surface area contributed by atoms with Crippen LogP contribution in [0.3, 0.4) is 0 Å². The normalized spacial score (nSPS) is 10.4. The molecule has 0 radical (unpaired) electrons. The molecule has 27 heavy (non-hydrogen) atoms. The lowest BCUT2D eigenvalue weighted by atomic mass is 10.1. The zero-order valence-electron chi connectivity index (χ0n) is 14.5. The number of amides is 2. The van der Waals surface area contributed by atoms with Crippen molar-refractivity contribution in [1.82, 2.24) is 20.6 Å². The van der Waals surface area contributed by atoms with Crippen LogP contribution in [-0.4, -0.2) is 21.8 Å². The molecule has 0 aliphatic carbocycles. The van der Waals surface area contributed by atoms with E-state index in [4.69, 9.17) is 0 Å². The van der Waals surface area contributed by atoms with E-state index in [9.17, 15) is 14.0 Å². The SMILES string of the molecule is Cc1cc(CNC(=O)c2cc(C(=O)NCc3cccs3)ncn2)ccc1F. The third kappa shape index (κ3) is 4.95. The number of hydrogen-bond acceptors (Lipinski definition) is 5. The van der Waals surface area contributed by atoms with E-state index in [0.717, 1.165) is 10.4 Å². The number of thiophene rings is 1. The summed E-state index contributed by atoms with van der Waals surface area (Å²) in [5.74, 6) is -1.11. The van der Waals surface area contributed by atoms with Gasteiger partial charge in [-0.3, -0.25) is 9.59 Å². The summed E-state index contributed by atoms with van der Waals surface area (Å²) < 4.78 is 13.3. The van der Waals surface area contributed by atoms with Gasteiger partial charge in [-0.25, -0.2) is 14.4 Å². The number of aryl methyl sites for hydroxylation is 1. The Bertz CT molecular complexity index is 960. The standard InChI is InChI=1S/C19H17FN4O2S/c1-12-7-13(4-5-15(12)20)9-21-18(25)16-8-17(24-11-23-16)19(26)22-10-14-3-2-6-27-14/h2-8,11H,9-10H2,1H3,(H,21,25)(H,22,26). The molecule has 138 valence electrons. The molecule has 2 aromatic heterocycles. The Morgan fingerprint density at radius 3 is 2.37 bits per heavy atom. The van der Waals surface area contributed by atoms with Gasteiger partial charge in [0.05, 0.1) is 6.54 Å². The van der Waals surface area contributed by atoms with Crippen molar-refractivity contribution in [1.29, 1.82) is 0 Å².